The van der Waals surface area contributed by atoms with E-state index in [4.69, 9.17) is 4.74 Å². The van der Waals surface area contributed by atoms with Gasteiger partial charge in [-0.05, 0) is 39.2 Å². The molecule has 0 aromatic rings. The van der Waals surface area contributed by atoms with E-state index in [2.05, 4.69) is 12.2 Å². The first-order valence-corrected chi connectivity index (χ1v) is 6.92. The zero-order valence-electron chi connectivity index (χ0n) is 10.8. The van der Waals surface area contributed by atoms with Crippen LogP contribution in [0.4, 0.5) is 0 Å². The van der Waals surface area contributed by atoms with Gasteiger partial charge < -0.3 is 15.0 Å². The van der Waals surface area contributed by atoms with Crippen molar-refractivity contribution in [3.05, 3.63) is 0 Å². The minimum Gasteiger partial charge on any atom is -0.376 e. The molecule has 1 amide bonds. The minimum atomic E-state index is 0.185. The summed E-state index contributed by atoms with van der Waals surface area (Å²) in [5.74, 6) is 0.500. The SMILES string of the molecule is CCN(CC1CCCO1)C(=O)C1CCCNC1. The first-order chi connectivity index (χ1) is 8.31. The third-order valence-electron chi connectivity index (χ3n) is 3.79. The highest BCUT2D eigenvalue weighted by molar-refractivity contribution is 5.79. The Kier molecular flexibility index (Phi) is 4.80. The van der Waals surface area contributed by atoms with E-state index < -0.39 is 0 Å². The lowest BCUT2D eigenvalue weighted by Gasteiger charge is -2.30. The Morgan fingerprint density at radius 2 is 2.29 bits per heavy atom. The summed E-state index contributed by atoms with van der Waals surface area (Å²) >= 11 is 0. The van der Waals surface area contributed by atoms with Crippen molar-refractivity contribution in [1.29, 1.82) is 0 Å². The molecule has 0 spiro atoms. The summed E-state index contributed by atoms with van der Waals surface area (Å²) < 4.78 is 5.61. The van der Waals surface area contributed by atoms with E-state index in [0.29, 0.717) is 5.91 Å². The van der Waals surface area contributed by atoms with Crippen LogP contribution in [0, 0.1) is 5.92 Å². The highest BCUT2D eigenvalue weighted by atomic mass is 16.5. The Morgan fingerprint density at radius 1 is 1.41 bits per heavy atom. The molecule has 2 aliphatic heterocycles. The van der Waals surface area contributed by atoms with Gasteiger partial charge in [0.15, 0.2) is 0 Å². The Labute approximate surface area is 104 Å². The van der Waals surface area contributed by atoms with Crippen LogP contribution in [0.3, 0.4) is 0 Å². The fourth-order valence-corrected chi connectivity index (χ4v) is 2.73. The molecule has 2 rings (SSSR count). The van der Waals surface area contributed by atoms with Gasteiger partial charge in [0, 0.05) is 26.2 Å². The van der Waals surface area contributed by atoms with Crippen molar-refractivity contribution < 1.29 is 9.53 Å². The summed E-state index contributed by atoms with van der Waals surface area (Å²) in [5, 5.41) is 3.31. The van der Waals surface area contributed by atoms with Crippen LogP contribution >= 0.6 is 0 Å². The average molecular weight is 240 g/mol. The minimum absolute atomic E-state index is 0.185. The topological polar surface area (TPSA) is 41.6 Å². The third-order valence-corrected chi connectivity index (χ3v) is 3.79. The van der Waals surface area contributed by atoms with Crippen molar-refractivity contribution in [2.45, 2.75) is 38.7 Å². The van der Waals surface area contributed by atoms with Gasteiger partial charge in [-0.2, -0.15) is 0 Å². The summed E-state index contributed by atoms with van der Waals surface area (Å²) in [6.07, 6.45) is 4.67. The van der Waals surface area contributed by atoms with Crippen molar-refractivity contribution in [2.24, 2.45) is 5.92 Å². The number of hydrogen-bond acceptors (Lipinski definition) is 3. The maximum absolute atomic E-state index is 12.3. The monoisotopic (exact) mass is 240 g/mol. The van der Waals surface area contributed by atoms with Gasteiger partial charge in [0.05, 0.1) is 12.0 Å². The number of piperidine rings is 1. The maximum atomic E-state index is 12.3. The second-order valence-corrected chi connectivity index (χ2v) is 5.06. The molecular formula is C13H24N2O2. The van der Waals surface area contributed by atoms with Crippen LogP contribution in [0.2, 0.25) is 0 Å². The van der Waals surface area contributed by atoms with Gasteiger partial charge >= 0.3 is 0 Å². The normalized spacial score (nSPS) is 29.2. The highest BCUT2D eigenvalue weighted by Gasteiger charge is 2.27. The van der Waals surface area contributed by atoms with Crippen LogP contribution in [-0.2, 0) is 9.53 Å². The maximum Gasteiger partial charge on any atom is 0.227 e. The number of carbonyl (C=O) groups is 1. The Morgan fingerprint density at radius 3 is 2.88 bits per heavy atom. The summed E-state index contributed by atoms with van der Waals surface area (Å²) in [6.45, 7) is 6.41. The number of carbonyl (C=O) groups excluding carboxylic acids is 1. The molecule has 4 heteroatoms. The standard InChI is InChI=1S/C13H24N2O2/c1-2-15(10-12-6-4-8-17-12)13(16)11-5-3-7-14-9-11/h11-12,14H,2-10H2,1H3. The Balaban J connectivity index is 1.84. The average Bonchev–Trinajstić information content (AvgIpc) is 2.89. The number of nitrogens with zero attached hydrogens (tertiary/aromatic N) is 1. The predicted molar refractivity (Wildman–Crippen MR) is 66.8 cm³/mol. The molecule has 0 aromatic heterocycles. The molecule has 2 fully saturated rings. The van der Waals surface area contributed by atoms with Crippen molar-refractivity contribution in [3.63, 3.8) is 0 Å². The molecule has 2 unspecified atom stereocenters. The second-order valence-electron chi connectivity index (χ2n) is 5.06. The van der Waals surface area contributed by atoms with Gasteiger partial charge in [-0.3, -0.25) is 4.79 Å². The van der Waals surface area contributed by atoms with Crippen LogP contribution in [0.5, 0.6) is 0 Å². The lowest BCUT2D eigenvalue weighted by atomic mass is 9.98. The van der Waals surface area contributed by atoms with Crippen LogP contribution < -0.4 is 5.32 Å². The molecule has 17 heavy (non-hydrogen) atoms. The van der Waals surface area contributed by atoms with Gasteiger partial charge in [-0.25, -0.2) is 0 Å². The summed E-state index contributed by atoms with van der Waals surface area (Å²) in [7, 11) is 0. The lowest BCUT2D eigenvalue weighted by molar-refractivity contribution is -0.137. The molecule has 2 aliphatic rings. The summed E-state index contributed by atoms with van der Waals surface area (Å²) in [5.41, 5.74) is 0. The van der Waals surface area contributed by atoms with E-state index in [1.54, 1.807) is 0 Å². The summed E-state index contributed by atoms with van der Waals surface area (Å²) in [4.78, 5) is 14.3. The van der Waals surface area contributed by atoms with Gasteiger partial charge in [-0.1, -0.05) is 0 Å². The zero-order valence-corrected chi connectivity index (χ0v) is 10.8. The number of hydrogen-bond donors (Lipinski definition) is 1. The molecule has 4 nitrogen and oxygen atoms in total. The van der Waals surface area contributed by atoms with E-state index in [9.17, 15) is 4.79 Å². The van der Waals surface area contributed by atoms with Crippen LogP contribution in [-0.4, -0.2) is 49.7 Å². The number of nitrogens with one attached hydrogen (secondary N) is 1. The van der Waals surface area contributed by atoms with Crippen LogP contribution in [0.1, 0.15) is 32.6 Å². The third kappa shape index (κ3) is 3.42. The zero-order chi connectivity index (χ0) is 12.1. The van der Waals surface area contributed by atoms with E-state index in [1.165, 1.54) is 0 Å². The van der Waals surface area contributed by atoms with Gasteiger partial charge in [0.25, 0.3) is 0 Å². The van der Waals surface area contributed by atoms with Crippen molar-refractivity contribution in [1.82, 2.24) is 10.2 Å². The first kappa shape index (κ1) is 12.8. The van der Waals surface area contributed by atoms with Crippen molar-refractivity contribution in [3.8, 4) is 0 Å². The number of likely N-dealkylation sites (N-methyl/N-ethyl adjacent to an activating group) is 1. The van der Waals surface area contributed by atoms with Crippen LogP contribution in [0.15, 0.2) is 0 Å². The highest BCUT2D eigenvalue weighted by Crippen LogP contribution is 2.17. The first-order valence-electron chi connectivity index (χ1n) is 6.92. The molecule has 2 heterocycles. The Bertz CT molecular complexity index is 246. The van der Waals surface area contributed by atoms with Crippen molar-refractivity contribution in [2.75, 3.05) is 32.8 Å². The van der Waals surface area contributed by atoms with Gasteiger partial charge in [0.2, 0.25) is 5.91 Å². The van der Waals surface area contributed by atoms with E-state index in [0.717, 1.165) is 58.5 Å². The molecule has 0 bridgehead atoms. The molecule has 0 aromatic carbocycles. The predicted octanol–water partition coefficient (Wildman–Crippen LogP) is 1.01. The van der Waals surface area contributed by atoms with E-state index in [1.807, 2.05) is 4.90 Å². The Hall–Kier alpha value is -0.610. The second kappa shape index (κ2) is 6.36. The molecule has 1 N–H and O–H groups in total. The van der Waals surface area contributed by atoms with E-state index >= 15 is 0 Å². The number of ether oxygens (including phenoxy) is 1. The molecular weight excluding hydrogens is 216 g/mol. The van der Waals surface area contributed by atoms with Crippen molar-refractivity contribution >= 4 is 5.91 Å². The number of amides is 1. The molecule has 0 saturated carbocycles. The quantitative estimate of drug-likeness (QED) is 0.797. The van der Waals surface area contributed by atoms with Gasteiger partial charge in [-0.15, -0.1) is 0 Å². The molecule has 0 radical (unpaired) electrons. The lowest BCUT2D eigenvalue weighted by Crippen LogP contribution is -2.45. The van der Waals surface area contributed by atoms with E-state index in [-0.39, 0.29) is 12.0 Å². The molecule has 98 valence electrons. The fourth-order valence-electron chi connectivity index (χ4n) is 2.73. The molecule has 0 aliphatic carbocycles. The smallest absolute Gasteiger partial charge is 0.227 e. The molecule has 2 saturated heterocycles. The molecule has 2 atom stereocenters. The summed E-state index contributed by atoms with van der Waals surface area (Å²) in [6, 6.07) is 0. The van der Waals surface area contributed by atoms with Crippen LogP contribution in [0.25, 0.3) is 0 Å². The number of rotatable bonds is 4. The largest absolute Gasteiger partial charge is 0.376 e. The van der Waals surface area contributed by atoms with Gasteiger partial charge in [0.1, 0.15) is 0 Å². The fraction of sp³-hybridized carbons (Fsp3) is 0.923.